The third kappa shape index (κ3) is 5.10. The second-order valence-electron chi connectivity index (χ2n) is 11.9. The van der Waals surface area contributed by atoms with E-state index in [1.165, 1.54) is 0 Å². The summed E-state index contributed by atoms with van der Waals surface area (Å²) in [6.45, 7) is -0.747. The van der Waals surface area contributed by atoms with Gasteiger partial charge < -0.3 is 10.0 Å². The van der Waals surface area contributed by atoms with E-state index in [0.717, 1.165) is 39.7 Å². The smallest absolute Gasteiger partial charge is 0.380 e. The molecule has 2 aromatic rings. The number of fused-ring (bicyclic) bond motifs is 3. The molecular formula is C28H28F8N2O6S2. The van der Waals surface area contributed by atoms with Crippen LogP contribution in [0.2, 0.25) is 0 Å². The first kappa shape index (κ1) is 34.5. The minimum atomic E-state index is -6.41. The van der Waals surface area contributed by atoms with Crippen LogP contribution in [0.5, 0.6) is 0 Å². The highest BCUT2D eigenvalue weighted by Crippen LogP contribution is 2.57. The Morgan fingerprint density at radius 3 is 1.96 bits per heavy atom. The number of hydrogen-bond donors (Lipinski definition) is 1. The van der Waals surface area contributed by atoms with E-state index in [0.29, 0.717) is 12.1 Å². The SMILES string of the molecule is CS(=O)(=O)N1CCC(O)(C(=O)N2CC[C@]3(S(=O)(=O)c4ccc(F)cc4)c4ccc(C(F)(C(F)(F)F)C(F)(F)F)cc4CC[C@H]23)CC1. The highest BCUT2D eigenvalue weighted by molar-refractivity contribution is 7.92. The Hall–Kier alpha value is -2.83. The Bertz CT molecular complexity index is 1740. The summed E-state index contributed by atoms with van der Waals surface area (Å²) in [4.78, 5) is 14.5. The van der Waals surface area contributed by atoms with Crippen molar-refractivity contribution in [2.75, 3.05) is 25.9 Å². The van der Waals surface area contributed by atoms with Crippen molar-refractivity contribution < 1.29 is 61.9 Å². The number of hydrogen-bond acceptors (Lipinski definition) is 6. The Balaban J connectivity index is 1.63. The van der Waals surface area contributed by atoms with E-state index in [1.54, 1.807) is 0 Å². The number of carbonyl (C=O) groups is 1. The molecule has 0 radical (unpaired) electrons. The van der Waals surface area contributed by atoms with E-state index >= 15 is 4.39 Å². The van der Waals surface area contributed by atoms with Gasteiger partial charge in [-0.2, -0.15) is 26.3 Å². The standard InChI is InChI=1S/C28H28F8N2O6S2/c1-45(41,42)37-13-10-24(40,11-14-37)23(39)38-15-12-25(46(43,44)20-6-4-19(29)5-7-20)21-8-3-18(16-17(21)2-9-22(25)38)26(30,27(31,32)33)28(34,35)36/h3-8,16,22,40H,2,9-15H2,1H3/t22-,25-/m0/s1. The van der Waals surface area contributed by atoms with Gasteiger partial charge in [0.2, 0.25) is 10.0 Å². The number of piperidine rings is 1. The van der Waals surface area contributed by atoms with Gasteiger partial charge in [0.15, 0.2) is 9.84 Å². The van der Waals surface area contributed by atoms with Crippen LogP contribution < -0.4 is 0 Å². The van der Waals surface area contributed by atoms with Gasteiger partial charge in [-0.15, -0.1) is 0 Å². The molecule has 18 heteroatoms. The lowest BCUT2D eigenvalue weighted by Gasteiger charge is -2.45. The van der Waals surface area contributed by atoms with Crippen molar-refractivity contribution >= 4 is 25.8 Å². The number of nitrogens with zero attached hydrogens (tertiary/aromatic N) is 2. The van der Waals surface area contributed by atoms with E-state index < -0.39 is 82.9 Å². The van der Waals surface area contributed by atoms with Gasteiger partial charge in [-0.05, 0) is 67.5 Å². The molecule has 0 bridgehead atoms. The highest BCUT2D eigenvalue weighted by atomic mass is 32.2. The highest BCUT2D eigenvalue weighted by Gasteiger charge is 2.74. The number of amides is 1. The number of carbonyl (C=O) groups excluding carboxylic acids is 1. The van der Waals surface area contributed by atoms with Gasteiger partial charge in [0.1, 0.15) is 16.2 Å². The van der Waals surface area contributed by atoms with Crippen LogP contribution in [-0.2, 0) is 41.5 Å². The van der Waals surface area contributed by atoms with Crippen LogP contribution in [0.3, 0.4) is 0 Å². The molecular weight excluding hydrogens is 676 g/mol. The number of aryl methyl sites for hydroxylation is 1. The van der Waals surface area contributed by atoms with Gasteiger partial charge in [0.05, 0.1) is 17.2 Å². The third-order valence-corrected chi connectivity index (χ3v) is 13.2. The number of halogens is 8. The number of aliphatic hydroxyl groups is 1. The van der Waals surface area contributed by atoms with Gasteiger partial charge in [-0.1, -0.05) is 18.2 Å². The molecule has 0 aromatic heterocycles. The van der Waals surface area contributed by atoms with Gasteiger partial charge in [-0.3, -0.25) is 4.79 Å². The van der Waals surface area contributed by atoms with Crippen LogP contribution >= 0.6 is 0 Å². The van der Waals surface area contributed by atoms with Crippen molar-refractivity contribution in [2.45, 2.75) is 71.4 Å². The van der Waals surface area contributed by atoms with E-state index in [9.17, 15) is 57.5 Å². The fourth-order valence-corrected chi connectivity index (χ4v) is 10.2. The average Bonchev–Trinajstić information content (AvgIpc) is 3.36. The molecule has 2 aromatic carbocycles. The molecule has 1 aliphatic carbocycles. The molecule has 8 nitrogen and oxygen atoms in total. The molecule has 3 aliphatic rings. The summed E-state index contributed by atoms with van der Waals surface area (Å²) < 4.78 is 162. The van der Waals surface area contributed by atoms with Crippen molar-refractivity contribution in [2.24, 2.45) is 0 Å². The van der Waals surface area contributed by atoms with Gasteiger partial charge in [-0.25, -0.2) is 29.9 Å². The molecule has 2 fully saturated rings. The first-order chi connectivity index (χ1) is 21.0. The lowest BCUT2D eigenvalue weighted by atomic mass is 9.76. The molecule has 0 unspecified atom stereocenters. The lowest BCUT2D eigenvalue weighted by Crippen LogP contribution is -2.59. The molecule has 2 heterocycles. The molecule has 2 aliphatic heterocycles. The van der Waals surface area contributed by atoms with Gasteiger partial charge >= 0.3 is 18.0 Å². The lowest BCUT2D eigenvalue weighted by molar-refractivity contribution is -0.348. The average molecular weight is 705 g/mol. The van der Waals surface area contributed by atoms with E-state index in [1.807, 2.05) is 0 Å². The van der Waals surface area contributed by atoms with E-state index in [4.69, 9.17) is 0 Å². The first-order valence-electron chi connectivity index (χ1n) is 14.0. The van der Waals surface area contributed by atoms with Crippen LogP contribution in [0.15, 0.2) is 47.4 Å². The summed E-state index contributed by atoms with van der Waals surface area (Å²) in [5, 5.41) is 11.3. The van der Waals surface area contributed by atoms with Crippen molar-refractivity contribution in [1.82, 2.24) is 9.21 Å². The van der Waals surface area contributed by atoms with Crippen molar-refractivity contribution in [3.05, 3.63) is 65.0 Å². The second kappa shape index (κ2) is 10.8. The molecule has 1 amide bonds. The van der Waals surface area contributed by atoms with E-state index in [-0.39, 0.29) is 62.5 Å². The maximum absolute atomic E-state index is 15.0. The zero-order valence-electron chi connectivity index (χ0n) is 24.0. The molecule has 1 N–H and O–H groups in total. The largest absolute Gasteiger partial charge is 0.435 e. The molecule has 0 spiro atoms. The van der Waals surface area contributed by atoms with Crippen LogP contribution in [-0.4, -0.2) is 86.9 Å². The topological polar surface area (TPSA) is 112 Å². The molecule has 0 saturated carbocycles. The van der Waals surface area contributed by atoms with Crippen LogP contribution in [0.4, 0.5) is 35.1 Å². The monoisotopic (exact) mass is 704 g/mol. The van der Waals surface area contributed by atoms with Crippen molar-refractivity contribution in [3.63, 3.8) is 0 Å². The normalized spacial score (nSPS) is 24.4. The predicted octanol–water partition coefficient (Wildman–Crippen LogP) is 4.12. The zero-order valence-corrected chi connectivity index (χ0v) is 25.6. The fraction of sp³-hybridized carbons (Fsp3) is 0.536. The summed E-state index contributed by atoms with van der Waals surface area (Å²) in [7, 11) is -8.35. The number of sulfonamides is 1. The summed E-state index contributed by atoms with van der Waals surface area (Å²) >= 11 is 0. The summed E-state index contributed by atoms with van der Waals surface area (Å²) in [5.74, 6) is -1.72. The zero-order chi connectivity index (χ0) is 34.3. The maximum Gasteiger partial charge on any atom is 0.435 e. The predicted molar refractivity (Wildman–Crippen MR) is 146 cm³/mol. The Labute approximate surface area is 258 Å². The van der Waals surface area contributed by atoms with E-state index in [2.05, 4.69) is 0 Å². The molecule has 5 rings (SSSR count). The van der Waals surface area contributed by atoms with Crippen LogP contribution in [0, 0.1) is 5.82 Å². The molecule has 2 saturated heterocycles. The quantitative estimate of drug-likeness (QED) is 0.371. The number of benzene rings is 2. The first-order valence-corrected chi connectivity index (χ1v) is 17.3. The van der Waals surface area contributed by atoms with Gasteiger partial charge in [0.25, 0.3) is 5.91 Å². The Morgan fingerprint density at radius 2 is 1.43 bits per heavy atom. The Kier molecular flexibility index (Phi) is 8.14. The molecule has 46 heavy (non-hydrogen) atoms. The third-order valence-electron chi connectivity index (χ3n) is 9.35. The van der Waals surface area contributed by atoms with Crippen molar-refractivity contribution in [3.8, 4) is 0 Å². The minimum absolute atomic E-state index is 0.215. The number of likely N-dealkylation sites (tertiary alicyclic amines) is 1. The molecule has 2 atom stereocenters. The Morgan fingerprint density at radius 1 is 0.870 bits per heavy atom. The van der Waals surface area contributed by atoms with Crippen LogP contribution in [0.25, 0.3) is 0 Å². The van der Waals surface area contributed by atoms with Gasteiger partial charge in [0, 0.05) is 25.2 Å². The van der Waals surface area contributed by atoms with Crippen LogP contribution in [0.1, 0.15) is 42.4 Å². The number of rotatable bonds is 5. The minimum Gasteiger partial charge on any atom is -0.380 e. The summed E-state index contributed by atoms with van der Waals surface area (Å²) in [5.41, 5.74) is -10.2. The second-order valence-corrected chi connectivity index (χ2v) is 16.1. The van der Waals surface area contributed by atoms with Crippen molar-refractivity contribution in [1.29, 1.82) is 0 Å². The summed E-state index contributed by atoms with van der Waals surface area (Å²) in [6.07, 6.45) is -13.6. The number of alkyl halides is 7. The fourth-order valence-electron chi connectivity index (χ4n) is 6.97. The molecule has 254 valence electrons. The number of sulfone groups is 1. The maximum atomic E-state index is 15.0. The summed E-state index contributed by atoms with van der Waals surface area (Å²) in [6, 6.07) is 3.49.